The van der Waals surface area contributed by atoms with Crippen LogP contribution in [0.2, 0.25) is 0 Å². The average Bonchev–Trinajstić information content (AvgIpc) is 2.75. The Balaban J connectivity index is 2.06. The minimum Gasteiger partial charge on any atom is -0.489 e. The van der Waals surface area contributed by atoms with E-state index in [0.29, 0.717) is 18.0 Å². The highest BCUT2D eigenvalue weighted by Gasteiger charge is 2.05. The van der Waals surface area contributed by atoms with Gasteiger partial charge in [-0.2, -0.15) is 5.10 Å². The summed E-state index contributed by atoms with van der Waals surface area (Å²) in [7, 11) is 1.92. The van der Waals surface area contributed by atoms with Crippen molar-refractivity contribution in [2.45, 2.75) is 26.5 Å². The minimum absolute atomic E-state index is 0.106. The lowest BCUT2D eigenvalue weighted by Crippen LogP contribution is -2.09. The number of aryl methyl sites for hydroxylation is 1. The lowest BCUT2D eigenvalue weighted by molar-refractivity contribution is 0.244. The number of anilines is 2. The number of aromatic nitrogens is 2. The third-order valence-electron chi connectivity index (χ3n) is 2.77. The van der Waals surface area contributed by atoms with Crippen molar-refractivity contribution in [2.75, 3.05) is 11.1 Å². The molecule has 0 unspecified atom stereocenters. The van der Waals surface area contributed by atoms with E-state index in [4.69, 9.17) is 10.5 Å². The third kappa shape index (κ3) is 3.40. The van der Waals surface area contributed by atoms with Crippen molar-refractivity contribution in [3.05, 3.63) is 36.2 Å². The molecule has 5 nitrogen and oxygen atoms in total. The highest BCUT2D eigenvalue weighted by molar-refractivity contribution is 5.61. The lowest BCUT2D eigenvalue weighted by atomic mass is 10.2. The quantitative estimate of drug-likeness (QED) is 0.810. The zero-order valence-corrected chi connectivity index (χ0v) is 11.6. The Morgan fingerprint density at radius 3 is 2.79 bits per heavy atom. The van der Waals surface area contributed by atoms with Gasteiger partial charge in [-0.05, 0) is 32.0 Å². The molecule has 0 aliphatic rings. The van der Waals surface area contributed by atoms with Crippen LogP contribution in [-0.2, 0) is 13.6 Å². The van der Waals surface area contributed by atoms with E-state index in [-0.39, 0.29) is 6.10 Å². The second kappa shape index (κ2) is 5.65. The highest BCUT2D eigenvalue weighted by atomic mass is 16.5. The van der Waals surface area contributed by atoms with Crippen molar-refractivity contribution in [2.24, 2.45) is 7.05 Å². The highest BCUT2D eigenvalue weighted by Crippen LogP contribution is 2.26. The van der Waals surface area contributed by atoms with Crippen LogP contribution in [0.25, 0.3) is 0 Å². The Labute approximate surface area is 113 Å². The zero-order valence-electron chi connectivity index (χ0n) is 11.6. The van der Waals surface area contributed by atoms with Crippen molar-refractivity contribution in [3.8, 4) is 5.75 Å². The van der Waals surface area contributed by atoms with E-state index in [9.17, 15) is 0 Å². The maximum absolute atomic E-state index is 5.89. The largest absolute Gasteiger partial charge is 0.489 e. The third-order valence-corrected chi connectivity index (χ3v) is 2.77. The zero-order chi connectivity index (χ0) is 13.8. The predicted molar refractivity (Wildman–Crippen MR) is 77.2 cm³/mol. The number of hydrogen-bond donors (Lipinski definition) is 2. The van der Waals surface area contributed by atoms with Gasteiger partial charge < -0.3 is 15.8 Å². The van der Waals surface area contributed by atoms with Crippen LogP contribution in [0.4, 0.5) is 11.4 Å². The summed E-state index contributed by atoms with van der Waals surface area (Å²) in [5, 5.41) is 7.46. The van der Waals surface area contributed by atoms with Gasteiger partial charge in [0.05, 0.1) is 24.0 Å². The summed E-state index contributed by atoms with van der Waals surface area (Å²) < 4.78 is 7.51. The fourth-order valence-electron chi connectivity index (χ4n) is 1.77. The van der Waals surface area contributed by atoms with Crippen LogP contribution >= 0.6 is 0 Å². The summed E-state index contributed by atoms with van der Waals surface area (Å²) in [4.78, 5) is 0. The van der Waals surface area contributed by atoms with E-state index < -0.39 is 0 Å². The van der Waals surface area contributed by atoms with Crippen molar-refractivity contribution < 1.29 is 4.74 Å². The van der Waals surface area contributed by atoms with Crippen LogP contribution in [0.1, 0.15) is 19.5 Å². The summed E-state index contributed by atoms with van der Waals surface area (Å²) >= 11 is 0. The average molecular weight is 260 g/mol. The number of nitrogen functional groups attached to an aromatic ring is 1. The topological polar surface area (TPSA) is 65.1 Å². The smallest absolute Gasteiger partial charge is 0.144 e. The van der Waals surface area contributed by atoms with Crippen LogP contribution in [0.15, 0.2) is 30.5 Å². The van der Waals surface area contributed by atoms with Gasteiger partial charge in [0.1, 0.15) is 5.75 Å². The van der Waals surface area contributed by atoms with Crippen molar-refractivity contribution >= 4 is 11.4 Å². The molecule has 102 valence electrons. The Kier molecular flexibility index (Phi) is 3.94. The first-order valence-corrected chi connectivity index (χ1v) is 6.33. The molecule has 0 amide bonds. The SMILES string of the molecule is CC(C)Oc1cc(NCc2ccnn2C)ccc1N. The summed E-state index contributed by atoms with van der Waals surface area (Å²) in [6.07, 6.45) is 1.89. The maximum Gasteiger partial charge on any atom is 0.144 e. The van der Waals surface area contributed by atoms with Crippen molar-refractivity contribution in [3.63, 3.8) is 0 Å². The Hall–Kier alpha value is -2.17. The van der Waals surface area contributed by atoms with Gasteiger partial charge in [-0.25, -0.2) is 0 Å². The van der Waals surface area contributed by atoms with Gasteiger partial charge in [0.2, 0.25) is 0 Å². The van der Waals surface area contributed by atoms with Crippen LogP contribution in [0.5, 0.6) is 5.75 Å². The van der Waals surface area contributed by atoms with Crippen molar-refractivity contribution in [1.82, 2.24) is 9.78 Å². The molecule has 2 rings (SSSR count). The van der Waals surface area contributed by atoms with Gasteiger partial charge in [-0.3, -0.25) is 4.68 Å². The summed E-state index contributed by atoms with van der Waals surface area (Å²) in [5.74, 6) is 0.713. The molecule has 0 fully saturated rings. The van der Waals surface area contributed by atoms with Gasteiger partial charge in [0, 0.05) is 25.0 Å². The molecule has 19 heavy (non-hydrogen) atoms. The standard InChI is InChI=1S/C14H20N4O/c1-10(2)19-14-8-11(4-5-13(14)15)16-9-12-6-7-17-18(12)3/h4-8,10,16H,9,15H2,1-3H3. The van der Waals surface area contributed by atoms with E-state index in [0.717, 1.165) is 11.4 Å². The summed E-state index contributed by atoms with van der Waals surface area (Å²) in [6.45, 7) is 4.67. The van der Waals surface area contributed by atoms with Crippen LogP contribution in [0, 0.1) is 0 Å². The molecule has 5 heteroatoms. The molecule has 0 atom stereocenters. The summed E-state index contributed by atoms with van der Waals surface area (Å²) in [5.41, 5.74) is 8.63. The Morgan fingerprint density at radius 2 is 2.16 bits per heavy atom. The number of ether oxygens (including phenoxy) is 1. The molecular formula is C14H20N4O. The van der Waals surface area contributed by atoms with Gasteiger partial charge >= 0.3 is 0 Å². The number of nitrogens with two attached hydrogens (primary N) is 1. The molecule has 0 aliphatic carbocycles. The molecular weight excluding hydrogens is 240 g/mol. The second-order valence-electron chi connectivity index (χ2n) is 4.72. The van der Waals surface area contributed by atoms with Crippen LogP contribution in [0.3, 0.4) is 0 Å². The normalized spacial score (nSPS) is 10.7. The van der Waals surface area contributed by atoms with E-state index in [1.54, 1.807) is 6.20 Å². The van der Waals surface area contributed by atoms with E-state index in [1.165, 1.54) is 0 Å². The number of benzene rings is 1. The number of rotatable bonds is 5. The first-order valence-electron chi connectivity index (χ1n) is 6.33. The molecule has 1 aromatic carbocycles. The molecule has 0 saturated carbocycles. The van der Waals surface area contributed by atoms with Gasteiger partial charge in [0.25, 0.3) is 0 Å². The molecule has 0 radical (unpaired) electrons. The van der Waals surface area contributed by atoms with Gasteiger partial charge in [-0.15, -0.1) is 0 Å². The predicted octanol–water partition coefficient (Wildman–Crippen LogP) is 2.40. The number of hydrogen-bond acceptors (Lipinski definition) is 4. The van der Waals surface area contributed by atoms with E-state index >= 15 is 0 Å². The summed E-state index contributed by atoms with van der Waals surface area (Å²) in [6, 6.07) is 7.70. The molecule has 0 bridgehead atoms. The second-order valence-corrected chi connectivity index (χ2v) is 4.72. The van der Waals surface area contributed by atoms with Crippen LogP contribution < -0.4 is 15.8 Å². The molecule has 1 heterocycles. The first-order chi connectivity index (χ1) is 9.06. The molecule has 3 N–H and O–H groups in total. The molecule has 0 aliphatic heterocycles. The molecule has 2 aromatic rings. The minimum atomic E-state index is 0.106. The Bertz CT molecular complexity index is 548. The van der Waals surface area contributed by atoms with E-state index in [1.807, 2.05) is 49.8 Å². The Morgan fingerprint density at radius 1 is 1.37 bits per heavy atom. The van der Waals surface area contributed by atoms with Gasteiger partial charge in [-0.1, -0.05) is 0 Å². The molecule has 0 saturated heterocycles. The number of nitrogens with one attached hydrogen (secondary N) is 1. The van der Waals surface area contributed by atoms with E-state index in [2.05, 4.69) is 10.4 Å². The fraction of sp³-hybridized carbons (Fsp3) is 0.357. The first kappa shape index (κ1) is 13.3. The van der Waals surface area contributed by atoms with Crippen LogP contribution in [-0.4, -0.2) is 15.9 Å². The van der Waals surface area contributed by atoms with Crippen molar-refractivity contribution in [1.29, 1.82) is 0 Å². The van der Waals surface area contributed by atoms with Gasteiger partial charge in [0.15, 0.2) is 0 Å². The monoisotopic (exact) mass is 260 g/mol. The maximum atomic E-state index is 5.89. The molecule has 1 aromatic heterocycles. The number of nitrogens with zero attached hydrogens (tertiary/aromatic N) is 2. The fourth-order valence-corrected chi connectivity index (χ4v) is 1.77. The molecule has 0 spiro atoms. The lowest BCUT2D eigenvalue weighted by Gasteiger charge is -2.14.